The van der Waals surface area contributed by atoms with E-state index < -0.39 is 0 Å². The van der Waals surface area contributed by atoms with E-state index in [0.717, 1.165) is 6.42 Å². The van der Waals surface area contributed by atoms with Crippen molar-refractivity contribution in [2.24, 2.45) is 0 Å². The lowest BCUT2D eigenvalue weighted by atomic mass is 10.3. The number of pyridine rings is 1. The zero-order valence-corrected chi connectivity index (χ0v) is 12.0. The molecule has 0 spiro atoms. The smallest absolute Gasteiger partial charge is 0.274 e. The van der Waals surface area contributed by atoms with Crippen molar-refractivity contribution in [3.05, 3.63) is 48.6 Å². The molecule has 0 radical (unpaired) electrons. The number of anilines is 1. The van der Waals surface area contributed by atoms with Gasteiger partial charge in [0.2, 0.25) is 0 Å². The van der Waals surface area contributed by atoms with Gasteiger partial charge in [0.15, 0.2) is 5.82 Å². The van der Waals surface area contributed by atoms with E-state index in [9.17, 15) is 9.18 Å². The van der Waals surface area contributed by atoms with Crippen molar-refractivity contribution in [3.8, 4) is 0 Å². The normalized spacial score (nSPS) is 15.5. The van der Waals surface area contributed by atoms with E-state index in [1.807, 2.05) is 4.90 Å². The fraction of sp³-hybridized carbons (Fsp3) is 0.333. The third kappa shape index (κ3) is 3.03. The van der Waals surface area contributed by atoms with Gasteiger partial charge in [-0.05, 0) is 12.5 Å². The first-order valence-corrected chi connectivity index (χ1v) is 7.15. The fourth-order valence-corrected chi connectivity index (χ4v) is 2.56. The first-order chi connectivity index (χ1) is 10.8. The lowest BCUT2D eigenvalue weighted by Gasteiger charge is -2.23. The van der Waals surface area contributed by atoms with Crippen LogP contribution < -0.4 is 4.90 Å². The molecule has 0 saturated carbocycles. The van der Waals surface area contributed by atoms with Crippen LogP contribution >= 0.6 is 0 Å². The zero-order chi connectivity index (χ0) is 15.4. The molecule has 1 fully saturated rings. The molecule has 0 aromatic carbocycles. The average molecular weight is 301 g/mol. The Labute approximate surface area is 127 Å². The summed E-state index contributed by atoms with van der Waals surface area (Å²) in [6.45, 7) is 2.42. The maximum Gasteiger partial charge on any atom is 0.274 e. The monoisotopic (exact) mass is 301 g/mol. The molecule has 7 heteroatoms. The molecule has 114 valence electrons. The molecule has 0 unspecified atom stereocenters. The van der Waals surface area contributed by atoms with Gasteiger partial charge in [-0.2, -0.15) is 0 Å². The van der Waals surface area contributed by atoms with Crippen LogP contribution in [0.5, 0.6) is 0 Å². The summed E-state index contributed by atoms with van der Waals surface area (Å²) >= 11 is 0. The molecule has 1 aliphatic heterocycles. The van der Waals surface area contributed by atoms with Crippen molar-refractivity contribution in [2.75, 3.05) is 31.1 Å². The maximum absolute atomic E-state index is 13.8. The minimum Gasteiger partial charge on any atom is -0.367 e. The molecule has 6 nitrogen and oxygen atoms in total. The van der Waals surface area contributed by atoms with Crippen LogP contribution in [0.3, 0.4) is 0 Å². The van der Waals surface area contributed by atoms with Crippen LogP contribution in [0.1, 0.15) is 16.9 Å². The summed E-state index contributed by atoms with van der Waals surface area (Å²) in [6, 6.07) is 1.66. The Hall–Kier alpha value is -2.57. The number of nitrogens with zero attached hydrogens (tertiary/aromatic N) is 5. The summed E-state index contributed by atoms with van der Waals surface area (Å²) in [7, 11) is 0. The number of carbonyl (C=O) groups excluding carboxylic acids is 1. The van der Waals surface area contributed by atoms with Gasteiger partial charge in [0.1, 0.15) is 5.69 Å². The predicted octanol–water partition coefficient (Wildman–Crippen LogP) is 1.36. The van der Waals surface area contributed by atoms with Gasteiger partial charge in [-0.3, -0.25) is 14.8 Å². The number of hydrogen-bond donors (Lipinski definition) is 0. The standard InChI is InChI=1S/C15H16FN5O/c16-12-10-17-3-2-14(12)20-6-1-7-21(9-8-20)15(22)13-11-18-4-5-19-13/h2-5,10-11H,1,6-9H2. The Morgan fingerprint density at radius 2 is 1.91 bits per heavy atom. The highest BCUT2D eigenvalue weighted by atomic mass is 19.1. The number of hydrogen-bond acceptors (Lipinski definition) is 5. The molecule has 0 atom stereocenters. The second-order valence-corrected chi connectivity index (χ2v) is 5.05. The number of carbonyl (C=O) groups is 1. The molecular formula is C15H16FN5O. The molecule has 22 heavy (non-hydrogen) atoms. The Bertz CT molecular complexity index is 651. The molecule has 2 aromatic rings. The second-order valence-electron chi connectivity index (χ2n) is 5.05. The molecule has 3 rings (SSSR count). The van der Waals surface area contributed by atoms with Crippen LogP contribution in [-0.2, 0) is 0 Å². The molecule has 1 amide bonds. The van der Waals surface area contributed by atoms with E-state index in [4.69, 9.17) is 0 Å². The highest BCUT2D eigenvalue weighted by molar-refractivity contribution is 5.92. The van der Waals surface area contributed by atoms with Gasteiger partial charge in [-0.1, -0.05) is 0 Å². The summed E-state index contributed by atoms with van der Waals surface area (Å²) in [4.78, 5) is 27.8. The summed E-state index contributed by atoms with van der Waals surface area (Å²) in [5.41, 5.74) is 0.870. The van der Waals surface area contributed by atoms with Crippen LogP contribution in [-0.4, -0.2) is 51.9 Å². The minimum absolute atomic E-state index is 0.134. The average Bonchev–Trinajstić information content (AvgIpc) is 2.81. The lowest BCUT2D eigenvalue weighted by Crippen LogP contribution is -2.35. The second kappa shape index (κ2) is 6.46. The SMILES string of the molecule is O=C(c1cnccn1)N1CCCN(c2ccncc2F)CC1. The summed E-state index contributed by atoms with van der Waals surface area (Å²) < 4.78 is 13.8. The van der Waals surface area contributed by atoms with Gasteiger partial charge in [0, 0.05) is 44.8 Å². The number of aromatic nitrogens is 3. The van der Waals surface area contributed by atoms with Crippen LogP contribution in [0.25, 0.3) is 0 Å². The lowest BCUT2D eigenvalue weighted by molar-refractivity contribution is 0.0760. The van der Waals surface area contributed by atoms with Crippen molar-refractivity contribution in [2.45, 2.75) is 6.42 Å². The summed E-state index contributed by atoms with van der Waals surface area (Å²) in [5, 5.41) is 0. The van der Waals surface area contributed by atoms with Crippen molar-refractivity contribution >= 4 is 11.6 Å². The molecule has 1 saturated heterocycles. The molecular weight excluding hydrogens is 285 g/mol. The summed E-state index contributed by atoms with van der Waals surface area (Å²) in [5.74, 6) is -0.471. The van der Waals surface area contributed by atoms with E-state index in [1.165, 1.54) is 24.8 Å². The maximum atomic E-state index is 13.8. The summed E-state index contributed by atoms with van der Waals surface area (Å²) in [6.07, 6.45) is 8.06. The highest BCUT2D eigenvalue weighted by Gasteiger charge is 2.22. The van der Waals surface area contributed by atoms with Gasteiger partial charge >= 0.3 is 0 Å². The highest BCUT2D eigenvalue weighted by Crippen LogP contribution is 2.19. The van der Waals surface area contributed by atoms with Crippen molar-refractivity contribution < 1.29 is 9.18 Å². The van der Waals surface area contributed by atoms with Gasteiger partial charge in [-0.15, -0.1) is 0 Å². The quantitative estimate of drug-likeness (QED) is 0.838. The van der Waals surface area contributed by atoms with Crippen LogP contribution in [0.4, 0.5) is 10.1 Å². The molecule has 0 N–H and O–H groups in total. The zero-order valence-electron chi connectivity index (χ0n) is 12.0. The van der Waals surface area contributed by atoms with Gasteiger partial charge in [-0.25, -0.2) is 9.37 Å². The first kappa shape index (κ1) is 14.4. The Morgan fingerprint density at radius 1 is 1.05 bits per heavy atom. The third-order valence-electron chi connectivity index (χ3n) is 3.66. The van der Waals surface area contributed by atoms with E-state index >= 15 is 0 Å². The molecule has 0 bridgehead atoms. The van der Waals surface area contributed by atoms with E-state index in [-0.39, 0.29) is 11.7 Å². The van der Waals surface area contributed by atoms with Gasteiger partial charge < -0.3 is 9.80 Å². The van der Waals surface area contributed by atoms with Gasteiger partial charge in [0.25, 0.3) is 5.91 Å². The molecule has 2 aromatic heterocycles. The van der Waals surface area contributed by atoms with Crippen LogP contribution in [0, 0.1) is 5.82 Å². The molecule has 0 aliphatic carbocycles. The fourth-order valence-electron chi connectivity index (χ4n) is 2.56. The molecule has 1 aliphatic rings. The van der Waals surface area contributed by atoms with E-state index in [2.05, 4.69) is 15.0 Å². The Kier molecular flexibility index (Phi) is 4.22. The van der Waals surface area contributed by atoms with E-state index in [1.54, 1.807) is 17.2 Å². The number of halogens is 1. The first-order valence-electron chi connectivity index (χ1n) is 7.15. The predicted molar refractivity (Wildman–Crippen MR) is 79.0 cm³/mol. The van der Waals surface area contributed by atoms with Gasteiger partial charge in [0.05, 0.1) is 18.1 Å². The number of amides is 1. The van der Waals surface area contributed by atoms with E-state index in [0.29, 0.717) is 37.6 Å². The van der Waals surface area contributed by atoms with Crippen LogP contribution in [0.15, 0.2) is 37.1 Å². The third-order valence-corrected chi connectivity index (χ3v) is 3.66. The number of rotatable bonds is 2. The Balaban J connectivity index is 1.70. The van der Waals surface area contributed by atoms with Crippen molar-refractivity contribution in [1.29, 1.82) is 0 Å². The topological polar surface area (TPSA) is 62.2 Å². The molecule has 3 heterocycles. The Morgan fingerprint density at radius 3 is 2.68 bits per heavy atom. The van der Waals surface area contributed by atoms with Crippen molar-refractivity contribution in [1.82, 2.24) is 19.9 Å². The van der Waals surface area contributed by atoms with Crippen molar-refractivity contribution in [3.63, 3.8) is 0 Å². The minimum atomic E-state index is -0.337. The largest absolute Gasteiger partial charge is 0.367 e. The van der Waals surface area contributed by atoms with Crippen LogP contribution in [0.2, 0.25) is 0 Å².